The minimum atomic E-state index is -2.98. The molecule has 2 unspecified atom stereocenters. The van der Waals surface area contributed by atoms with Gasteiger partial charge in [0.1, 0.15) is 0 Å². The molecule has 2 atom stereocenters. The summed E-state index contributed by atoms with van der Waals surface area (Å²) in [5.74, 6) is 0.815. The molecular weight excluding hydrogens is 346 g/mol. The first kappa shape index (κ1) is 21.3. The summed E-state index contributed by atoms with van der Waals surface area (Å²) in [7, 11) is -2.98. The Hall–Kier alpha value is -0.980. The second-order valence-electron chi connectivity index (χ2n) is 7.95. The van der Waals surface area contributed by atoms with Crippen LogP contribution in [0.3, 0.4) is 0 Å². The van der Waals surface area contributed by atoms with Crippen molar-refractivity contribution in [2.24, 2.45) is 5.92 Å². The van der Waals surface area contributed by atoms with Crippen LogP contribution in [0.4, 0.5) is 0 Å². The number of piperazine rings is 1. The molecule has 0 aromatic carbocycles. The van der Waals surface area contributed by atoms with Gasteiger partial charge in [-0.25, -0.2) is 8.42 Å². The molecular formula is C20H35N3O2S. The lowest BCUT2D eigenvalue weighted by atomic mass is 9.95. The topological polar surface area (TPSA) is 53.5 Å². The van der Waals surface area contributed by atoms with Gasteiger partial charge < -0.3 is 0 Å². The van der Waals surface area contributed by atoms with Crippen molar-refractivity contribution in [3.05, 3.63) is 29.6 Å². The summed E-state index contributed by atoms with van der Waals surface area (Å²) in [5.41, 5.74) is 2.29. The molecule has 2 heterocycles. The van der Waals surface area contributed by atoms with E-state index in [-0.39, 0.29) is 11.0 Å². The summed E-state index contributed by atoms with van der Waals surface area (Å²) in [6.45, 7) is 14.5. The van der Waals surface area contributed by atoms with Crippen molar-refractivity contribution in [2.75, 3.05) is 31.9 Å². The summed E-state index contributed by atoms with van der Waals surface area (Å²) in [5, 5.41) is -0.292. The van der Waals surface area contributed by atoms with Gasteiger partial charge in [-0.05, 0) is 38.3 Å². The van der Waals surface area contributed by atoms with E-state index in [1.807, 2.05) is 13.1 Å². The molecule has 1 aliphatic rings. The fraction of sp³-hybridized carbons (Fsp3) is 0.750. The van der Waals surface area contributed by atoms with Crippen molar-refractivity contribution in [3.63, 3.8) is 0 Å². The van der Waals surface area contributed by atoms with Gasteiger partial charge in [0.2, 0.25) is 0 Å². The first-order valence-electron chi connectivity index (χ1n) is 9.82. The highest BCUT2D eigenvalue weighted by molar-refractivity contribution is 7.92. The zero-order valence-electron chi connectivity index (χ0n) is 17.0. The molecule has 148 valence electrons. The summed E-state index contributed by atoms with van der Waals surface area (Å²) >= 11 is 0. The Bertz CT molecular complexity index is 658. The lowest BCUT2D eigenvalue weighted by Crippen LogP contribution is -2.56. The average molecular weight is 382 g/mol. The maximum absolute atomic E-state index is 12.2. The van der Waals surface area contributed by atoms with Crippen molar-refractivity contribution in [1.29, 1.82) is 0 Å². The van der Waals surface area contributed by atoms with Crippen molar-refractivity contribution in [1.82, 2.24) is 14.8 Å². The van der Waals surface area contributed by atoms with E-state index >= 15 is 0 Å². The van der Waals surface area contributed by atoms with Crippen LogP contribution in [0.15, 0.2) is 18.3 Å². The fourth-order valence-electron chi connectivity index (χ4n) is 3.47. The Labute approximate surface area is 159 Å². The zero-order chi connectivity index (χ0) is 19.3. The van der Waals surface area contributed by atoms with Crippen LogP contribution in [-0.4, -0.2) is 66.4 Å². The second kappa shape index (κ2) is 9.29. The first-order valence-corrected chi connectivity index (χ1v) is 11.5. The van der Waals surface area contributed by atoms with Gasteiger partial charge in [0.05, 0.1) is 11.0 Å². The van der Waals surface area contributed by atoms with Crippen LogP contribution in [0.1, 0.15) is 45.4 Å². The van der Waals surface area contributed by atoms with Gasteiger partial charge in [-0.15, -0.1) is 0 Å². The van der Waals surface area contributed by atoms with Gasteiger partial charge in [0.15, 0.2) is 9.84 Å². The number of aryl methyl sites for hydroxylation is 1. The molecule has 0 aliphatic carbocycles. The molecule has 1 saturated heterocycles. The highest BCUT2D eigenvalue weighted by atomic mass is 32.2. The molecule has 1 fully saturated rings. The number of pyridine rings is 1. The SMILES string of the molecule is CCC(C)C1CN(Cc2ccc(C)nc2)CCN1CCS(=O)(=O)C(C)C. The Kier molecular flexibility index (Phi) is 7.62. The van der Waals surface area contributed by atoms with Crippen LogP contribution in [0.5, 0.6) is 0 Å². The van der Waals surface area contributed by atoms with E-state index in [2.05, 4.69) is 40.8 Å². The van der Waals surface area contributed by atoms with Crippen molar-refractivity contribution < 1.29 is 8.42 Å². The number of hydrogen-bond donors (Lipinski definition) is 0. The molecule has 1 aromatic rings. The Morgan fingerprint density at radius 3 is 2.54 bits per heavy atom. The summed E-state index contributed by atoms with van der Waals surface area (Å²) < 4.78 is 24.4. The van der Waals surface area contributed by atoms with Crippen LogP contribution in [0.25, 0.3) is 0 Å². The maximum atomic E-state index is 12.2. The third kappa shape index (κ3) is 5.76. The summed E-state index contributed by atoms with van der Waals surface area (Å²) in [6, 6.07) is 4.63. The van der Waals surface area contributed by atoms with Crippen LogP contribution in [-0.2, 0) is 16.4 Å². The second-order valence-corrected chi connectivity index (χ2v) is 10.6. The molecule has 5 nitrogen and oxygen atoms in total. The van der Waals surface area contributed by atoms with Crippen LogP contribution < -0.4 is 0 Å². The monoisotopic (exact) mass is 381 g/mol. The van der Waals surface area contributed by atoms with Gasteiger partial charge >= 0.3 is 0 Å². The Balaban J connectivity index is 2.00. The summed E-state index contributed by atoms with van der Waals surface area (Å²) in [6.07, 6.45) is 3.08. The molecule has 0 bridgehead atoms. The minimum absolute atomic E-state index is 0.263. The minimum Gasteiger partial charge on any atom is -0.297 e. The Morgan fingerprint density at radius 2 is 1.96 bits per heavy atom. The van der Waals surface area contributed by atoms with Crippen molar-refractivity contribution in [3.8, 4) is 0 Å². The number of rotatable bonds is 8. The van der Waals surface area contributed by atoms with E-state index in [0.29, 0.717) is 18.5 Å². The van der Waals surface area contributed by atoms with E-state index < -0.39 is 9.84 Å². The predicted molar refractivity (Wildman–Crippen MR) is 108 cm³/mol. The Morgan fingerprint density at radius 1 is 1.23 bits per heavy atom. The quantitative estimate of drug-likeness (QED) is 0.693. The average Bonchev–Trinajstić information content (AvgIpc) is 2.61. The van der Waals surface area contributed by atoms with E-state index in [9.17, 15) is 8.42 Å². The van der Waals surface area contributed by atoms with E-state index in [1.165, 1.54) is 5.56 Å². The molecule has 0 N–H and O–H groups in total. The molecule has 26 heavy (non-hydrogen) atoms. The number of sulfone groups is 1. The van der Waals surface area contributed by atoms with Crippen LogP contribution in [0, 0.1) is 12.8 Å². The first-order chi connectivity index (χ1) is 12.2. The molecule has 0 radical (unpaired) electrons. The summed E-state index contributed by atoms with van der Waals surface area (Å²) in [4.78, 5) is 9.28. The van der Waals surface area contributed by atoms with E-state index in [4.69, 9.17) is 0 Å². The molecule has 2 rings (SSSR count). The lowest BCUT2D eigenvalue weighted by Gasteiger charge is -2.44. The normalized spacial score (nSPS) is 21.2. The van der Waals surface area contributed by atoms with Gasteiger partial charge in [-0.2, -0.15) is 0 Å². The third-order valence-corrected chi connectivity index (χ3v) is 7.87. The van der Waals surface area contributed by atoms with Gasteiger partial charge in [0, 0.05) is 50.7 Å². The number of aromatic nitrogens is 1. The molecule has 0 amide bonds. The number of hydrogen-bond acceptors (Lipinski definition) is 5. The third-order valence-electron chi connectivity index (χ3n) is 5.68. The van der Waals surface area contributed by atoms with Gasteiger partial charge in [-0.3, -0.25) is 14.8 Å². The van der Waals surface area contributed by atoms with E-state index in [1.54, 1.807) is 13.8 Å². The highest BCUT2D eigenvalue weighted by Gasteiger charge is 2.31. The molecule has 1 aromatic heterocycles. The largest absolute Gasteiger partial charge is 0.297 e. The van der Waals surface area contributed by atoms with E-state index in [0.717, 1.165) is 38.3 Å². The smallest absolute Gasteiger partial charge is 0.153 e. The predicted octanol–water partition coefficient (Wildman–Crippen LogP) is 2.75. The lowest BCUT2D eigenvalue weighted by molar-refractivity contribution is 0.0452. The highest BCUT2D eigenvalue weighted by Crippen LogP contribution is 2.21. The molecule has 0 saturated carbocycles. The van der Waals surface area contributed by atoms with Crippen LogP contribution >= 0.6 is 0 Å². The fourth-order valence-corrected chi connectivity index (χ4v) is 4.43. The standard InChI is InChI=1S/C20H35N3O2S/c1-6-17(4)20-15-22(14-19-8-7-18(5)21-13-19)9-10-23(20)11-12-26(24,25)16(2)3/h7-8,13,16-17,20H,6,9-12,14-15H2,1-5H3. The zero-order valence-corrected chi connectivity index (χ0v) is 17.8. The number of nitrogens with zero attached hydrogens (tertiary/aromatic N) is 3. The molecule has 1 aliphatic heterocycles. The van der Waals surface area contributed by atoms with Gasteiger partial charge in [0.25, 0.3) is 0 Å². The maximum Gasteiger partial charge on any atom is 0.153 e. The molecule has 0 spiro atoms. The van der Waals surface area contributed by atoms with Crippen molar-refractivity contribution in [2.45, 2.75) is 58.9 Å². The van der Waals surface area contributed by atoms with Gasteiger partial charge in [-0.1, -0.05) is 26.3 Å². The van der Waals surface area contributed by atoms with Crippen molar-refractivity contribution >= 4 is 9.84 Å². The van der Waals surface area contributed by atoms with Crippen LogP contribution in [0.2, 0.25) is 0 Å². The molecule has 6 heteroatoms.